The van der Waals surface area contributed by atoms with Gasteiger partial charge >= 0.3 is 5.97 Å². The third-order valence-corrected chi connectivity index (χ3v) is 6.64. The number of anilines is 1. The van der Waals surface area contributed by atoms with Gasteiger partial charge in [0.05, 0.1) is 13.2 Å². The van der Waals surface area contributed by atoms with Gasteiger partial charge in [-0.25, -0.2) is 4.79 Å². The number of esters is 1. The van der Waals surface area contributed by atoms with Crippen molar-refractivity contribution in [3.05, 3.63) is 46.2 Å². The average Bonchev–Trinajstić information content (AvgIpc) is 3.40. The molecule has 32 heavy (non-hydrogen) atoms. The van der Waals surface area contributed by atoms with Crippen molar-refractivity contribution in [1.29, 1.82) is 0 Å². The Bertz CT molecular complexity index is 1080. The van der Waals surface area contributed by atoms with Gasteiger partial charge in [-0.15, -0.1) is 0 Å². The topological polar surface area (TPSA) is 93.5 Å². The quantitative estimate of drug-likeness (QED) is 0.692. The van der Waals surface area contributed by atoms with Gasteiger partial charge in [-0.05, 0) is 51.3 Å². The lowest BCUT2D eigenvalue weighted by Crippen LogP contribution is -2.65. The van der Waals surface area contributed by atoms with E-state index in [2.05, 4.69) is 10.4 Å². The number of nitrogens with one attached hydrogen (secondary N) is 1. The van der Waals surface area contributed by atoms with Crippen molar-refractivity contribution in [1.82, 2.24) is 15.1 Å². The molecule has 2 aromatic rings. The van der Waals surface area contributed by atoms with E-state index in [9.17, 15) is 14.4 Å². The third kappa shape index (κ3) is 3.88. The van der Waals surface area contributed by atoms with E-state index in [1.807, 2.05) is 13.0 Å². The molecular weight excluding hydrogens is 432 g/mol. The molecule has 1 aliphatic carbocycles. The lowest BCUT2D eigenvalue weighted by molar-refractivity contribution is -0.127. The monoisotopic (exact) mass is 458 g/mol. The minimum atomic E-state index is -1.26. The largest absolute Gasteiger partial charge is 0.461 e. The SMILES string of the molecule is CCOC(=O)c1cc2n(n1)CC(C)(C(=O)NC1CCCC1)N(c1ccc(C)c(Cl)c1)C2=O. The normalized spacial score (nSPS) is 20.9. The van der Waals surface area contributed by atoms with Crippen LogP contribution in [-0.2, 0) is 16.1 Å². The molecule has 0 bridgehead atoms. The second-order valence-electron chi connectivity index (χ2n) is 8.60. The van der Waals surface area contributed by atoms with E-state index in [-0.39, 0.29) is 36.5 Å². The maximum Gasteiger partial charge on any atom is 0.358 e. The van der Waals surface area contributed by atoms with Crippen LogP contribution in [0.15, 0.2) is 24.3 Å². The van der Waals surface area contributed by atoms with E-state index < -0.39 is 17.4 Å². The molecule has 1 unspecified atom stereocenters. The summed E-state index contributed by atoms with van der Waals surface area (Å²) in [5.41, 5.74) is 0.378. The number of hydrogen-bond acceptors (Lipinski definition) is 5. The lowest BCUT2D eigenvalue weighted by Gasteiger charge is -2.43. The molecule has 1 aliphatic heterocycles. The predicted molar refractivity (Wildman–Crippen MR) is 120 cm³/mol. The number of hydrogen-bond donors (Lipinski definition) is 1. The van der Waals surface area contributed by atoms with Gasteiger partial charge in [0.25, 0.3) is 5.91 Å². The Balaban J connectivity index is 1.78. The third-order valence-electron chi connectivity index (χ3n) is 6.23. The first kappa shape index (κ1) is 22.3. The number of benzene rings is 1. The summed E-state index contributed by atoms with van der Waals surface area (Å²) in [7, 11) is 0. The van der Waals surface area contributed by atoms with Gasteiger partial charge < -0.3 is 10.1 Å². The zero-order valence-electron chi connectivity index (χ0n) is 18.5. The minimum Gasteiger partial charge on any atom is -0.461 e. The number of rotatable bonds is 5. The molecular formula is C23H27ClN4O4. The van der Waals surface area contributed by atoms with Crippen molar-refractivity contribution in [3.8, 4) is 0 Å². The summed E-state index contributed by atoms with van der Waals surface area (Å²) in [4.78, 5) is 40.9. The summed E-state index contributed by atoms with van der Waals surface area (Å²) in [6, 6.07) is 6.78. The van der Waals surface area contributed by atoms with Crippen LogP contribution < -0.4 is 10.2 Å². The molecule has 1 aromatic heterocycles. The average molecular weight is 459 g/mol. The number of carbonyl (C=O) groups excluding carboxylic acids is 3. The molecule has 9 heteroatoms. The summed E-state index contributed by atoms with van der Waals surface area (Å²) < 4.78 is 6.46. The standard InChI is InChI=1S/C23H27ClN4O4/c1-4-32-21(30)18-12-19-20(29)28(16-10-9-14(2)17(24)11-16)23(3,13-27(19)26-18)22(31)25-15-7-5-6-8-15/h9-12,15H,4-8,13H2,1-3H3,(H,25,31). The molecule has 0 saturated heterocycles. The molecule has 4 rings (SSSR count). The van der Waals surface area contributed by atoms with E-state index in [0.717, 1.165) is 31.2 Å². The molecule has 1 aromatic carbocycles. The fraction of sp³-hybridized carbons (Fsp3) is 0.478. The van der Waals surface area contributed by atoms with E-state index in [4.69, 9.17) is 16.3 Å². The second kappa shape index (κ2) is 8.58. The van der Waals surface area contributed by atoms with Crippen molar-refractivity contribution in [2.24, 2.45) is 0 Å². The van der Waals surface area contributed by atoms with Gasteiger partial charge in [-0.1, -0.05) is 30.5 Å². The number of aryl methyl sites for hydroxylation is 1. The zero-order valence-corrected chi connectivity index (χ0v) is 19.2. The van der Waals surface area contributed by atoms with Gasteiger partial charge in [0.15, 0.2) is 5.69 Å². The fourth-order valence-corrected chi connectivity index (χ4v) is 4.60. The molecule has 1 N–H and O–H groups in total. The van der Waals surface area contributed by atoms with Crippen LogP contribution >= 0.6 is 11.6 Å². The summed E-state index contributed by atoms with van der Waals surface area (Å²) in [5, 5.41) is 7.90. The minimum absolute atomic E-state index is 0.0394. The van der Waals surface area contributed by atoms with Crippen molar-refractivity contribution in [2.45, 2.75) is 64.6 Å². The zero-order chi connectivity index (χ0) is 23.0. The molecule has 1 atom stereocenters. The molecule has 1 fully saturated rings. The van der Waals surface area contributed by atoms with Crippen LogP contribution in [-0.4, -0.2) is 45.8 Å². The number of aromatic nitrogens is 2. The number of carbonyl (C=O) groups is 3. The van der Waals surface area contributed by atoms with Crippen LogP contribution in [0.25, 0.3) is 0 Å². The van der Waals surface area contributed by atoms with Crippen LogP contribution in [0.5, 0.6) is 0 Å². The number of ether oxygens (including phenoxy) is 1. The first-order chi connectivity index (χ1) is 15.2. The summed E-state index contributed by atoms with van der Waals surface area (Å²) in [6.07, 6.45) is 3.99. The smallest absolute Gasteiger partial charge is 0.358 e. The predicted octanol–water partition coefficient (Wildman–Crippen LogP) is 3.50. The van der Waals surface area contributed by atoms with Crippen LogP contribution in [0.4, 0.5) is 5.69 Å². The molecule has 1 saturated carbocycles. The first-order valence-electron chi connectivity index (χ1n) is 10.9. The Morgan fingerprint density at radius 1 is 1.28 bits per heavy atom. The fourth-order valence-electron chi connectivity index (χ4n) is 4.42. The van der Waals surface area contributed by atoms with E-state index in [1.54, 1.807) is 26.0 Å². The van der Waals surface area contributed by atoms with Gasteiger partial charge in [0.1, 0.15) is 11.2 Å². The number of nitrogens with zero attached hydrogens (tertiary/aromatic N) is 3. The number of halogens is 1. The first-order valence-corrected chi connectivity index (χ1v) is 11.3. The van der Waals surface area contributed by atoms with Gasteiger partial charge in [-0.3, -0.25) is 19.2 Å². The molecule has 2 heterocycles. The lowest BCUT2D eigenvalue weighted by atomic mass is 9.93. The molecule has 0 spiro atoms. The highest BCUT2D eigenvalue weighted by atomic mass is 35.5. The Morgan fingerprint density at radius 3 is 2.66 bits per heavy atom. The highest BCUT2D eigenvalue weighted by Crippen LogP contribution is 2.35. The molecule has 2 amide bonds. The van der Waals surface area contributed by atoms with Crippen molar-refractivity contribution < 1.29 is 19.1 Å². The van der Waals surface area contributed by atoms with Crippen molar-refractivity contribution in [2.75, 3.05) is 11.5 Å². The Hall–Kier alpha value is -2.87. The summed E-state index contributed by atoms with van der Waals surface area (Å²) in [5.74, 6) is -1.29. The van der Waals surface area contributed by atoms with Crippen LogP contribution in [0.2, 0.25) is 5.02 Å². The van der Waals surface area contributed by atoms with Gasteiger partial charge in [0, 0.05) is 22.8 Å². The van der Waals surface area contributed by atoms with Crippen molar-refractivity contribution >= 4 is 35.1 Å². The Morgan fingerprint density at radius 2 is 2.00 bits per heavy atom. The highest BCUT2D eigenvalue weighted by molar-refractivity contribution is 6.31. The molecule has 8 nitrogen and oxygen atoms in total. The van der Waals surface area contributed by atoms with E-state index in [1.165, 1.54) is 15.6 Å². The maximum absolute atomic E-state index is 13.7. The van der Waals surface area contributed by atoms with Gasteiger partial charge in [0.2, 0.25) is 5.91 Å². The van der Waals surface area contributed by atoms with Crippen LogP contribution in [0.1, 0.15) is 66.1 Å². The van der Waals surface area contributed by atoms with E-state index >= 15 is 0 Å². The van der Waals surface area contributed by atoms with E-state index in [0.29, 0.717) is 10.7 Å². The van der Waals surface area contributed by atoms with Crippen LogP contribution in [0.3, 0.4) is 0 Å². The van der Waals surface area contributed by atoms with Crippen LogP contribution in [0, 0.1) is 6.92 Å². The summed E-state index contributed by atoms with van der Waals surface area (Å²) >= 11 is 6.35. The molecule has 170 valence electrons. The second-order valence-corrected chi connectivity index (χ2v) is 9.00. The molecule has 2 aliphatic rings. The highest BCUT2D eigenvalue weighted by Gasteiger charge is 2.49. The van der Waals surface area contributed by atoms with Gasteiger partial charge in [-0.2, -0.15) is 5.10 Å². The Kier molecular flexibility index (Phi) is 5.99. The summed E-state index contributed by atoms with van der Waals surface area (Å²) in [6.45, 7) is 5.59. The van der Waals surface area contributed by atoms with Crippen molar-refractivity contribution in [3.63, 3.8) is 0 Å². The number of amides is 2. The maximum atomic E-state index is 13.7. The number of fused-ring (bicyclic) bond motifs is 1. The molecule has 0 radical (unpaired) electrons. The Labute approximate surface area is 191 Å².